The second kappa shape index (κ2) is 9.09. The standard InChI is InChI=1S/C10H15NO2/c1-4-8-12-10-13-9-6-5-7-11(2)3/h1H,7-10H2,2-3H3. The van der Waals surface area contributed by atoms with Crippen LogP contribution >= 0.6 is 0 Å². The van der Waals surface area contributed by atoms with Gasteiger partial charge in [0.2, 0.25) is 0 Å². The molecule has 0 saturated heterocycles. The molecule has 0 saturated carbocycles. The van der Waals surface area contributed by atoms with Crippen molar-refractivity contribution in [3.05, 3.63) is 0 Å². The van der Waals surface area contributed by atoms with E-state index >= 15 is 0 Å². The quantitative estimate of drug-likeness (QED) is 0.343. The van der Waals surface area contributed by atoms with Gasteiger partial charge in [0.05, 0.1) is 6.54 Å². The first-order valence-corrected chi connectivity index (χ1v) is 3.96. The first-order chi connectivity index (χ1) is 6.27. The molecule has 3 heteroatoms. The second-order valence-electron chi connectivity index (χ2n) is 2.61. The van der Waals surface area contributed by atoms with E-state index in [-0.39, 0.29) is 13.4 Å². The summed E-state index contributed by atoms with van der Waals surface area (Å²) in [6.07, 6.45) is 4.96. The first kappa shape index (κ1) is 12.0. The number of hydrogen-bond acceptors (Lipinski definition) is 3. The van der Waals surface area contributed by atoms with Crippen LogP contribution < -0.4 is 0 Å². The van der Waals surface area contributed by atoms with Crippen molar-refractivity contribution in [1.82, 2.24) is 4.90 Å². The van der Waals surface area contributed by atoms with E-state index in [1.54, 1.807) is 0 Å². The van der Waals surface area contributed by atoms with Crippen LogP contribution in [0.15, 0.2) is 0 Å². The maximum absolute atomic E-state index is 5.01. The molecule has 0 N–H and O–H groups in total. The predicted molar refractivity (Wildman–Crippen MR) is 51.9 cm³/mol. The molecule has 0 unspecified atom stereocenters. The van der Waals surface area contributed by atoms with Crippen LogP contribution in [0.25, 0.3) is 0 Å². The van der Waals surface area contributed by atoms with Crippen molar-refractivity contribution < 1.29 is 9.47 Å². The summed E-state index contributed by atoms with van der Waals surface area (Å²) in [7, 11) is 3.93. The molecule has 13 heavy (non-hydrogen) atoms. The molecule has 0 bridgehead atoms. The van der Waals surface area contributed by atoms with Crippen LogP contribution in [-0.2, 0) is 9.47 Å². The fourth-order valence-electron chi connectivity index (χ4n) is 0.517. The van der Waals surface area contributed by atoms with Crippen molar-refractivity contribution in [3.8, 4) is 24.2 Å². The molecule has 0 fully saturated rings. The van der Waals surface area contributed by atoms with Crippen molar-refractivity contribution in [2.75, 3.05) is 40.6 Å². The SMILES string of the molecule is C#CCOCOCC#CCN(C)C. The van der Waals surface area contributed by atoms with Gasteiger partial charge in [-0.05, 0) is 14.1 Å². The molecule has 0 atom stereocenters. The molecule has 0 aromatic carbocycles. The summed E-state index contributed by atoms with van der Waals surface area (Å²) in [5.41, 5.74) is 0. The second-order valence-corrected chi connectivity index (χ2v) is 2.61. The van der Waals surface area contributed by atoms with Crippen LogP contribution in [0, 0.1) is 24.2 Å². The molecule has 0 radical (unpaired) electrons. The van der Waals surface area contributed by atoms with Crippen molar-refractivity contribution >= 4 is 0 Å². The van der Waals surface area contributed by atoms with E-state index in [0.717, 1.165) is 6.54 Å². The Bertz CT molecular complexity index is 207. The molecule has 0 rings (SSSR count). The van der Waals surface area contributed by atoms with E-state index in [1.165, 1.54) is 0 Å². The van der Waals surface area contributed by atoms with E-state index in [1.807, 2.05) is 19.0 Å². The summed E-state index contributed by atoms with van der Waals surface area (Å²) in [6, 6.07) is 0. The van der Waals surface area contributed by atoms with Gasteiger partial charge >= 0.3 is 0 Å². The molecule has 0 aliphatic carbocycles. The van der Waals surface area contributed by atoms with Crippen LogP contribution in [-0.4, -0.2) is 45.5 Å². The Morgan fingerprint density at radius 1 is 1.15 bits per heavy atom. The van der Waals surface area contributed by atoms with Gasteiger partial charge in [-0.25, -0.2) is 0 Å². The average Bonchev–Trinajstić information content (AvgIpc) is 2.09. The lowest BCUT2D eigenvalue weighted by Crippen LogP contribution is -2.11. The van der Waals surface area contributed by atoms with Crippen molar-refractivity contribution in [3.63, 3.8) is 0 Å². The van der Waals surface area contributed by atoms with E-state index < -0.39 is 0 Å². The maximum Gasteiger partial charge on any atom is 0.149 e. The minimum Gasteiger partial charge on any atom is -0.343 e. The summed E-state index contributed by atoms with van der Waals surface area (Å²) in [6.45, 7) is 1.62. The summed E-state index contributed by atoms with van der Waals surface area (Å²) in [5, 5.41) is 0. The summed E-state index contributed by atoms with van der Waals surface area (Å²) in [4.78, 5) is 1.99. The molecular formula is C10H15NO2. The molecule has 0 aromatic heterocycles. The van der Waals surface area contributed by atoms with Crippen LogP contribution in [0.4, 0.5) is 0 Å². The number of ether oxygens (including phenoxy) is 2. The van der Waals surface area contributed by atoms with Gasteiger partial charge in [0, 0.05) is 0 Å². The Morgan fingerprint density at radius 2 is 1.85 bits per heavy atom. The van der Waals surface area contributed by atoms with Crippen LogP contribution in [0.5, 0.6) is 0 Å². The van der Waals surface area contributed by atoms with Gasteiger partial charge in [-0.1, -0.05) is 17.8 Å². The van der Waals surface area contributed by atoms with Crippen molar-refractivity contribution in [2.24, 2.45) is 0 Å². The van der Waals surface area contributed by atoms with E-state index in [0.29, 0.717) is 6.61 Å². The average molecular weight is 181 g/mol. The fourth-order valence-corrected chi connectivity index (χ4v) is 0.517. The Hall–Kier alpha value is -1.00. The van der Waals surface area contributed by atoms with Crippen LogP contribution in [0.1, 0.15) is 0 Å². The Balaban J connectivity index is 3.14. The highest BCUT2D eigenvalue weighted by molar-refractivity contribution is 5.00. The molecule has 0 aliphatic heterocycles. The summed E-state index contributed by atoms with van der Waals surface area (Å²) in [5.74, 6) is 8.12. The lowest BCUT2D eigenvalue weighted by molar-refractivity contribution is -0.0294. The highest BCUT2D eigenvalue weighted by Crippen LogP contribution is 1.76. The Kier molecular flexibility index (Phi) is 8.39. The van der Waals surface area contributed by atoms with Crippen LogP contribution in [0.3, 0.4) is 0 Å². The molecule has 0 aromatic rings. The van der Waals surface area contributed by atoms with Gasteiger partial charge < -0.3 is 9.47 Å². The van der Waals surface area contributed by atoms with Gasteiger partial charge in [0.15, 0.2) is 0 Å². The van der Waals surface area contributed by atoms with Gasteiger partial charge in [-0.2, -0.15) is 0 Å². The monoisotopic (exact) mass is 181 g/mol. The third-order valence-corrected chi connectivity index (χ3v) is 1.05. The molecule has 0 amide bonds. The van der Waals surface area contributed by atoms with E-state index in [4.69, 9.17) is 15.9 Å². The third-order valence-electron chi connectivity index (χ3n) is 1.05. The zero-order valence-electron chi connectivity index (χ0n) is 8.17. The Morgan fingerprint density at radius 3 is 2.46 bits per heavy atom. The molecule has 0 heterocycles. The highest BCUT2D eigenvalue weighted by atomic mass is 16.7. The largest absolute Gasteiger partial charge is 0.343 e. The van der Waals surface area contributed by atoms with Crippen LogP contribution in [0.2, 0.25) is 0 Å². The molecule has 0 aliphatic rings. The lowest BCUT2D eigenvalue weighted by Gasteiger charge is -2.01. The fraction of sp³-hybridized carbons (Fsp3) is 0.600. The van der Waals surface area contributed by atoms with Crippen molar-refractivity contribution in [1.29, 1.82) is 0 Å². The van der Waals surface area contributed by atoms with Gasteiger partial charge in [-0.3, -0.25) is 4.90 Å². The lowest BCUT2D eigenvalue weighted by atomic mass is 10.5. The predicted octanol–water partition coefficient (Wildman–Crippen LogP) is 0.175. The summed E-state index contributed by atoms with van der Waals surface area (Å²) >= 11 is 0. The Labute approximate surface area is 80.0 Å². The summed E-state index contributed by atoms with van der Waals surface area (Å²) < 4.78 is 9.88. The normalized spacial score (nSPS) is 9.08. The smallest absolute Gasteiger partial charge is 0.149 e. The topological polar surface area (TPSA) is 21.7 Å². The van der Waals surface area contributed by atoms with E-state index in [2.05, 4.69) is 17.8 Å². The zero-order chi connectivity index (χ0) is 9.94. The molecule has 72 valence electrons. The molecule has 0 spiro atoms. The maximum atomic E-state index is 5.01. The number of rotatable bonds is 5. The highest BCUT2D eigenvalue weighted by Gasteiger charge is 1.83. The minimum atomic E-state index is 0.209. The first-order valence-electron chi connectivity index (χ1n) is 3.96. The third kappa shape index (κ3) is 11.0. The van der Waals surface area contributed by atoms with E-state index in [9.17, 15) is 0 Å². The number of hydrogen-bond donors (Lipinski definition) is 0. The number of nitrogens with zero attached hydrogens (tertiary/aromatic N) is 1. The zero-order valence-corrected chi connectivity index (χ0v) is 8.17. The molecule has 3 nitrogen and oxygen atoms in total. The number of terminal acetylenes is 1. The molecular weight excluding hydrogens is 166 g/mol. The van der Waals surface area contributed by atoms with Gasteiger partial charge in [-0.15, -0.1) is 6.42 Å². The van der Waals surface area contributed by atoms with Gasteiger partial charge in [0.25, 0.3) is 0 Å². The van der Waals surface area contributed by atoms with Gasteiger partial charge in [0.1, 0.15) is 20.0 Å². The van der Waals surface area contributed by atoms with Crippen molar-refractivity contribution in [2.45, 2.75) is 0 Å². The minimum absolute atomic E-state index is 0.209.